The largest absolute Gasteiger partial charge is 0.308 e. The number of anilines is 1. The Morgan fingerprint density at radius 1 is 1.24 bits per heavy atom. The molecule has 0 saturated carbocycles. The fourth-order valence-corrected chi connectivity index (χ4v) is 3.60. The van der Waals surface area contributed by atoms with Crippen molar-refractivity contribution in [3.05, 3.63) is 41.7 Å². The summed E-state index contributed by atoms with van der Waals surface area (Å²) in [4.78, 5) is 21.5. The standard InChI is InChI=1S/C18H23N5OS/c1-5-13-6-7-14-16(12-13)25-18(19-14)23(11-10-21(2)3)17(24)15-8-9-22(4)20-15/h6-9,12H,5,10-11H2,1-4H3. The fraction of sp³-hybridized carbons (Fsp3) is 0.389. The first-order valence-corrected chi connectivity index (χ1v) is 9.15. The molecule has 0 unspecified atom stereocenters. The van der Waals surface area contributed by atoms with Gasteiger partial charge in [-0.1, -0.05) is 24.3 Å². The number of carbonyl (C=O) groups is 1. The molecule has 0 atom stereocenters. The number of aromatic nitrogens is 3. The Bertz CT molecular complexity index is 883. The fourth-order valence-electron chi connectivity index (χ4n) is 2.54. The zero-order chi connectivity index (χ0) is 18.0. The van der Waals surface area contributed by atoms with Crippen molar-refractivity contribution in [2.75, 3.05) is 32.1 Å². The average molecular weight is 357 g/mol. The Hall–Kier alpha value is -2.25. The molecule has 0 aliphatic heterocycles. The highest BCUT2D eigenvalue weighted by Crippen LogP contribution is 2.30. The molecular weight excluding hydrogens is 334 g/mol. The van der Waals surface area contributed by atoms with Gasteiger partial charge in [-0.05, 0) is 44.3 Å². The van der Waals surface area contributed by atoms with Gasteiger partial charge in [0.05, 0.1) is 10.2 Å². The number of likely N-dealkylation sites (N-methyl/N-ethyl adjacent to an activating group) is 1. The SMILES string of the molecule is CCc1ccc2nc(N(CCN(C)C)C(=O)c3ccn(C)n3)sc2c1. The molecule has 0 fully saturated rings. The predicted octanol–water partition coefficient (Wildman–Crippen LogP) is 2.80. The molecule has 1 aromatic carbocycles. The van der Waals surface area contributed by atoms with Crippen LogP contribution in [0.3, 0.4) is 0 Å². The molecule has 0 aliphatic carbocycles. The molecule has 2 aromatic heterocycles. The molecule has 0 saturated heterocycles. The summed E-state index contributed by atoms with van der Waals surface area (Å²) in [5, 5.41) is 4.98. The highest BCUT2D eigenvalue weighted by atomic mass is 32.1. The highest BCUT2D eigenvalue weighted by molar-refractivity contribution is 7.22. The zero-order valence-corrected chi connectivity index (χ0v) is 15.9. The van der Waals surface area contributed by atoms with Crippen molar-refractivity contribution in [3.63, 3.8) is 0 Å². The van der Waals surface area contributed by atoms with Crippen molar-refractivity contribution in [1.82, 2.24) is 19.7 Å². The minimum absolute atomic E-state index is 0.114. The zero-order valence-electron chi connectivity index (χ0n) is 15.1. The molecule has 3 rings (SSSR count). The topological polar surface area (TPSA) is 54.3 Å². The van der Waals surface area contributed by atoms with Crippen molar-refractivity contribution >= 4 is 32.6 Å². The lowest BCUT2D eigenvalue weighted by Crippen LogP contribution is -2.37. The number of amides is 1. The highest BCUT2D eigenvalue weighted by Gasteiger charge is 2.23. The number of carbonyl (C=O) groups excluding carboxylic acids is 1. The van der Waals surface area contributed by atoms with Crippen LogP contribution in [0.2, 0.25) is 0 Å². The number of hydrogen-bond donors (Lipinski definition) is 0. The monoisotopic (exact) mass is 357 g/mol. The van der Waals surface area contributed by atoms with Crippen molar-refractivity contribution in [2.24, 2.45) is 7.05 Å². The van der Waals surface area contributed by atoms with E-state index in [0.717, 1.165) is 28.3 Å². The molecule has 2 heterocycles. The first kappa shape index (κ1) is 17.6. The lowest BCUT2D eigenvalue weighted by atomic mass is 10.2. The van der Waals surface area contributed by atoms with Crippen LogP contribution in [-0.4, -0.2) is 52.8 Å². The van der Waals surface area contributed by atoms with Crippen molar-refractivity contribution in [2.45, 2.75) is 13.3 Å². The van der Waals surface area contributed by atoms with Crippen LogP contribution >= 0.6 is 11.3 Å². The Morgan fingerprint density at radius 2 is 2.04 bits per heavy atom. The van der Waals surface area contributed by atoms with Gasteiger partial charge in [0.15, 0.2) is 10.8 Å². The van der Waals surface area contributed by atoms with Gasteiger partial charge in [0, 0.05) is 26.3 Å². The third-order valence-electron chi connectivity index (χ3n) is 4.03. The second kappa shape index (κ2) is 7.33. The lowest BCUT2D eigenvalue weighted by molar-refractivity contribution is 0.0979. The average Bonchev–Trinajstić information content (AvgIpc) is 3.19. The summed E-state index contributed by atoms with van der Waals surface area (Å²) in [6.45, 7) is 3.47. The van der Waals surface area contributed by atoms with E-state index in [9.17, 15) is 4.79 Å². The van der Waals surface area contributed by atoms with Crippen molar-refractivity contribution < 1.29 is 4.79 Å². The molecule has 0 N–H and O–H groups in total. The first-order valence-electron chi connectivity index (χ1n) is 8.33. The van der Waals surface area contributed by atoms with Crippen LogP contribution in [0.25, 0.3) is 10.2 Å². The minimum Gasteiger partial charge on any atom is -0.308 e. The second-order valence-electron chi connectivity index (χ2n) is 6.29. The van der Waals surface area contributed by atoms with E-state index in [1.54, 1.807) is 33.2 Å². The quantitative estimate of drug-likeness (QED) is 0.681. The number of hydrogen-bond acceptors (Lipinski definition) is 5. The van der Waals surface area contributed by atoms with E-state index in [-0.39, 0.29) is 5.91 Å². The summed E-state index contributed by atoms with van der Waals surface area (Å²) >= 11 is 1.56. The van der Waals surface area contributed by atoms with Gasteiger partial charge in [0.2, 0.25) is 0 Å². The van der Waals surface area contributed by atoms with E-state index in [1.807, 2.05) is 27.2 Å². The third-order valence-corrected chi connectivity index (χ3v) is 5.07. The Balaban J connectivity index is 1.97. The van der Waals surface area contributed by atoms with Gasteiger partial charge >= 0.3 is 0 Å². The number of nitrogens with zero attached hydrogens (tertiary/aromatic N) is 5. The van der Waals surface area contributed by atoms with Crippen LogP contribution in [0.4, 0.5) is 5.13 Å². The molecule has 6 nitrogen and oxygen atoms in total. The second-order valence-corrected chi connectivity index (χ2v) is 7.30. The Kier molecular flexibility index (Phi) is 5.15. The molecule has 0 bridgehead atoms. The molecule has 0 radical (unpaired) electrons. The van der Waals surface area contributed by atoms with Crippen LogP contribution < -0.4 is 4.90 Å². The molecule has 3 aromatic rings. The Labute approximate surface area is 151 Å². The number of fused-ring (bicyclic) bond motifs is 1. The number of benzene rings is 1. The first-order chi connectivity index (χ1) is 12.0. The lowest BCUT2D eigenvalue weighted by Gasteiger charge is -2.21. The van der Waals surface area contributed by atoms with Gasteiger partial charge < -0.3 is 4.90 Å². The summed E-state index contributed by atoms with van der Waals surface area (Å²) in [5.74, 6) is -0.114. The molecular formula is C18H23N5OS. The van der Waals surface area contributed by atoms with Gasteiger partial charge in [-0.25, -0.2) is 4.98 Å². The molecule has 25 heavy (non-hydrogen) atoms. The normalized spacial score (nSPS) is 11.4. The maximum Gasteiger partial charge on any atom is 0.280 e. The Morgan fingerprint density at radius 3 is 2.68 bits per heavy atom. The number of thiazole rings is 1. The van der Waals surface area contributed by atoms with Gasteiger partial charge in [-0.2, -0.15) is 5.10 Å². The molecule has 0 aliphatic rings. The summed E-state index contributed by atoms with van der Waals surface area (Å²) in [5.41, 5.74) is 2.65. The van der Waals surface area contributed by atoms with Crippen LogP contribution in [0, 0.1) is 0 Å². The molecule has 1 amide bonds. The van der Waals surface area contributed by atoms with Crippen LogP contribution in [0.5, 0.6) is 0 Å². The summed E-state index contributed by atoms with van der Waals surface area (Å²) in [6.07, 6.45) is 2.77. The van der Waals surface area contributed by atoms with Gasteiger partial charge in [0.1, 0.15) is 0 Å². The maximum absolute atomic E-state index is 13.0. The van der Waals surface area contributed by atoms with Gasteiger partial charge in [0.25, 0.3) is 5.91 Å². The summed E-state index contributed by atoms with van der Waals surface area (Å²) in [7, 11) is 5.80. The van der Waals surface area contributed by atoms with Crippen molar-refractivity contribution in [3.8, 4) is 0 Å². The van der Waals surface area contributed by atoms with E-state index in [2.05, 4.69) is 29.1 Å². The summed E-state index contributed by atoms with van der Waals surface area (Å²) < 4.78 is 2.75. The van der Waals surface area contributed by atoms with E-state index in [4.69, 9.17) is 4.98 Å². The van der Waals surface area contributed by atoms with Crippen LogP contribution in [0.1, 0.15) is 23.0 Å². The van der Waals surface area contributed by atoms with E-state index in [0.29, 0.717) is 12.2 Å². The van der Waals surface area contributed by atoms with Gasteiger partial charge in [-0.15, -0.1) is 0 Å². The smallest absolute Gasteiger partial charge is 0.280 e. The molecule has 7 heteroatoms. The number of aryl methyl sites for hydroxylation is 2. The number of rotatable bonds is 6. The van der Waals surface area contributed by atoms with E-state index < -0.39 is 0 Å². The van der Waals surface area contributed by atoms with E-state index >= 15 is 0 Å². The van der Waals surface area contributed by atoms with Crippen molar-refractivity contribution in [1.29, 1.82) is 0 Å². The third kappa shape index (κ3) is 3.88. The van der Waals surface area contributed by atoms with E-state index in [1.165, 1.54) is 5.56 Å². The predicted molar refractivity (Wildman–Crippen MR) is 102 cm³/mol. The maximum atomic E-state index is 13.0. The summed E-state index contributed by atoms with van der Waals surface area (Å²) in [6, 6.07) is 8.03. The van der Waals surface area contributed by atoms with Crippen LogP contribution in [0.15, 0.2) is 30.5 Å². The minimum atomic E-state index is -0.114. The molecule has 132 valence electrons. The van der Waals surface area contributed by atoms with Crippen LogP contribution in [-0.2, 0) is 13.5 Å². The molecule has 0 spiro atoms. The van der Waals surface area contributed by atoms with Gasteiger partial charge in [-0.3, -0.25) is 14.4 Å².